The lowest BCUT2D eigenvalue weighted by atomic mass is 10.2. The van der Waals surface area contributed by atoms with Crippen LogP contribution in [0, 0.1) is 0 Å². The Bertz CT molecular complexity index is 554. The third-order valence-corrected chi connectivity index (χ3v) is 3.10. The van der Waals surface area contributed by atoms with E-state index in [2.05, 4.69) is 26.2 Å². The zero-order valence-corrected chi connectivity index (χ0v) is 11.1. The fraction of sp³-hybridized carbons (Fsp3) is 0.231. The number of benzene rings is 1. The first-order valence-corrected chi connectivity index (χ1v) is 6.25. The topological polar surface area (TPSA) is 42.0 Å². The van der Waals surface area contributed by atoms with Gasteiger partial charge in [0.15, 0.2) is 0 Å². The van der Waals surface area contributed by atoms with E-state index >= 15 is 0 Å². The van der Waals surface area contributed by atoms with E-state index in [1.54, 1.807) is 6.92 Å². The number of nitrogens with zero attached hydrogens (tertiary/aromatic N) is 1. The first-order valence-electron chi connectivity index (χ1n) is 5.45. The highest BCUT2D eigenvalue weighted by Crippen LogP contribution is 2.25. The standard InChI is InChI=1S/C13H13BrN2O/c1-9(17)6-7-15-13-8-11(14)10-4-2-3-5-12(10)16-13/h2-5,8H,6-7H2,1H3,(H,15,16). The van der Waals surface area contributed by atoms with E-state index in [-0.39, 0.29) is 5.78 Å². The number of aromatic nitrogens is 1. The molecule has 17 heavy (non-hydrogen) atoms. The summed E-state index contributed by atoms with van der Waals surface area (Å²) in [6.07, 6.45) is 0.520. The Morgan fingerprint density at radius 2 is 2.18 bits per heavy atom. The highest BCUT2D eigenvalue weighted by Gasteiger charge is 2.03. The molecule has 0 saturated heterocycles. The maximum Gasteiger partial charge on any atom is 0.131 e. The fourth-order valence-electron chi connectivity index (χ4n) is 1.59. The van der Waals surface area contributed by atoms with Crippen molar-refractivity contribution in [3.63, 3.8) is 0 Å². The van der Waals surface area contributed by atoms with Gasteiger partial charge in [0, 0.05) is 22.8 Å². The van der Waals surface area contributed by atoms with Gasteiger partial charge in [0.25, 0.3) is 0 Å². The normalized spacial score (nSPS) is 10.5. The third kappa shape index (κ3) is 3.03. The number of hydrogen-bond donors (Lipinski definition) is 1. The SMILES string of the molecule is CC(=O)CCNc1cc(Br)c2ccccc2n1. The van der Waals surface area contributed by atoms with Crippen LogP contribution in [0.3, 0.4) is 0 Å². The molecule has 0 fully saturated rings. The Hall–Kier alpha value is -1.42. The molecule has 0 aliphatic heterocycles. The Balaban J connectivity index is 2.21. The molecule has 1 N–H and O–H groups in total. The van der Waals surface area contributed by atoms with Gasteiger partial charge in [-0.25, -0.2) is 4.98 Å². The molecule has 2 aromatic rings. The van der Waals surface area contributed by atoms with Crippen molar-refractivity contribution >= 4 is 38.4 Å². The minimum Gasteiger partial charge on any atom is -0.370 e. The number of nitrogens with one attached hydrogen (secondary N) is 1. The summed E-state index contributed by atoms with van der Waals surface area (Å²) >= 11 is 3.52. The molecule has 88 valence electrons. The van der Waals surface area contributed by atoms with Gasteiger partial charge in [-0.3, -0.25) is 4.79 Å². The number of carbonyl (C=O) groups is 1. The first kappa shape index (κ1) is 12.0. The third-order valence-electron chi connectivity index (χ3n) is 2.45. The lowest BCUT2D eigenvalue weighted by Gasteiger charge is -2.07. The van der Waals surface area contributed by atoms with Gasteiger partial charge in [-0.15, -0.1) is 0 Å². The van der Waals surface area contributed by atoms with Crippen LogP contribution in [-0.4, -0.2) is 17.3 Å². The molecular weight excluding hydrogens is 280 g/mol. The number of halogens is 1. The Kier molecular flexibility index (Phi) is 3.74. The molecule has 0 spiro atoms. The molecule has 2 rings (SSSR count). The molecule has 0 saturated carbocycles. The van der Waals surface area contributed by atoms with E-state index in [1.165, 1.54) is 0 Å². The van der Waals surface area contributed by atoms with Gasteiger partial charge < -0.3 is 5.32 Å². The average Bonchev–Trinajstić information content (AvgIpc) is 2.28. The van der Waals surface area contributed by atoms with E-state index in [0.717, 1.165) is 21.2 Å². The number of hydrogen-bond acceptors (Lipinski definition) is 3. The first-order chi connectivity index (χ1) is 8.16. The molecule has 4 heteroatoms. The smallest absolute Gasteiger partial charge is 0.131 e. The van der Waals surface area contributed by atoms with Gasteiger partial charge in [0.1, 0.15) is 11.6 Å². The van der Waals surface area contributed by atoms with E-state index in [1.807, 2.05) is 30.3 Å². The summed E-state index contributed by atoms with van der Waals surface area (Å²) in [7, 11) is 0. The van der Waals surface area contributed by atoms with Gasteiger partial charge in [-0.2, -0.15) is 0 Å². The Labute approximate surface area is 108 Å². The zero-order chi connectivity index (χ0) is 12.3. The van der Waals surface area contributed by atoms with Crippen molar-refractivity contribution in [1.82, 2.24) is 4.98 Å². The van der Waals surface area contributed by atoms with E-state index in [9.17, 15) is 4.79 Å². The quantitative estimate of drug-likeness (QED) is 0.939. The summed E-state index contributed by atoms with van der Waals surface area (Å²) in [6, 6.07) is 9.86. The zero-order valence-electron chi connectivity index (χ0n) is 9.53. The molecule has 3 nitrogen and oxygen atoms in total. The van der Waals surface area contributed by atoms with E-state index in [0.29, 0.717) is 13.0 Å². The summed E-state index contributed by atoms with van der Waals surface area (Å²) in [5, 5.41) is 4.23. The average molecular weight is 293 g/mol. The summed E-state index contributed by atoms with van der Waals surface area (Å²) < 4.78 is 1.01. The number of rotatable bonds is 4. The molecule has 1 aromatic heterocycles. The molecular formula is C13H13BrN2O. The van der Waals surface area contributed by atoms with Gasteiger partial charge in [0.2, 0.25) is 0 Å². The van der Waals surface area contributed by atoms with Crippen molar-refractivity contribution < 1.29 is 4.79 Å². The van der Waals surface area contributed by atoms with Gasteiger partial charge in [-0.1, -0.05) is 18.2 Å². The summed E-state index contributed by atoms with van der Waals surface area (Å²) in [5.74, 6) is 0.967. The molecule has 0 atom stereocenters. The predicted octanol–water partition coefficient (Wildman–Crippen LogP) is 3.39. The molecule has 0 unspecified atom stereocenters. The van der Waals surface area contributed by atoms with Crippen LogP contribution in [0.2, 0.25) is 0 Å². The molecule has 0 bridgehead atoms. The number of carbonyl (C=O) groups excluding carboxylic acids is 1. The van der Waals surface area contributed by atoms with Crippen LogP contribution in [-0.2, 0) is 4.79 Å². The van der Waals surface area contributed by atoms with Crippen LogP contribution in [0.25, 0.3) is 10.9 Å². The van der Waals surface area contributed by atoms with Crippen molar-refractivity contribution in [2.45, 2.75) is 13.3 Å². The number of para-hydroxylation sites is 1. The monoisotopic (exact) mass is 292 g/mol. The lowest BCUT2D eigenvalue weighted by molar-refractivity contribution is -0.116. The van der Waals surface area contributed by atoms with E-state index in [4.69, 9.17) is 0 Å². The highest BCUT2D eigenvalue weighted by atomic mass is 79.9. The predicted molar refractivity (Wildman–Crippen MR) is 73.2 cm³/mol. The lowest BCUT2D eigenvalue weighted by Crippen LogP contribution is -2.07. The fourth-order valence-corrected chi connectivity index (χ4v) is 2.14. The largest absolute Gasteiger partial charge is 0.370 e. The Morgan fingerprint density at radius 3 is 2.94 bits per heavy atom. The molecule has 0 aliphatic rings. The number of fused-ring (bicyclic) bond motifs is 1. The summed E-state index contributed by atoms with van der Waals surface area (Å²) in [6.45, 7) is 2.21. The number of Topliss-reactive ketones (excluding diaryl/α,β-unsaturated/α-hetero) is 1. The van der Waals surface area contributed by atoms with Crippen LogP contribution in [0.5, 0.6) is 0 Å². The molecule has 0 radical (unpaired) electrons. The van der Waals surface area contributed by atoms with Crippen molar-refractivity contribution in [2.75, 3.05) is 11.9 Å². The second kappa shape index (κ2) is 5.27. The minimum atomic E-state index is 0.178. The van der Waals surface area contributed by atoms with Crippen LogP contribution in [0.1, 0.15) is 13.3 Å². The maximum absolute atomic E-state index is 10.8. The van der Waals surface area contributed by atoms with Crippen LogP contribution in [0.15, 0.2) is 34.8 Å². The molecule has 1 aromatic carbocycles. The minimum absolute atomic E-state index is 0.178. The summed E-state index contributed by atoms with van der Waals surface area (Å²) in [5.41, 5.74) is 0.937. The van der Waals surface area contributed by atoms with Crippen LogP contribution >= 0.6 is 15.9 Å². The van der Waals surface area contributed by atoms with Crippen LogP contribution < -0.4 is 5.32 Å². The van der Waals surface area contributed by atoms with Crippen molar-refractivity contribution in [1.29, 1.82) is 0 Å². The van der Waals surface area contributed by atoms with Crippen molar-refractivity contribution in [2.24, 2.45) is 0 Å². The van der Waals surface area contributed by atoms with Gasteiger partial charge >= 0.3 is 0 Å². The number of anilines is 1. The summed E-state index contributed by atoms with van der Waals surface area (Å²) in [4.78, 5) is 15.3. The Morgan fingerprint density at radius 1 is 1.41 bits per heavy atom. The van der Waals surface area contributed by atoms with Crippen molar-refractivity contribution in [3.05, 3.63) is 34.8 Å². The molecule has 1 heterocycles. The van der Waals surface area contributed by atoms with Gasteiger partial charge in [-0.05, 0) is 35.0 Å². The highest BCUT2D eigenvalue weighted by molar-refractivity contribution is 9.10. The number of pyridine rings is 1. The van der Waals surface area contributed by atoms with E-state index < -0.39 is 0 Å². The number of ketones is 1. The second-order valence-electron chi connectivity index (χ2n) is 3.89. The maximum atomic E-state index is 10.8. The molecule has 0 aliphatic carbocycles. The van der Waals surface area contributed by atoms with Crippen LogP contribution in [0.4, 0.5) is 5.82 Å². The second-order valence-corrected chi connectivity index (χ2v) is 4.74. The van der Waals surface area contributed by atoms with Gasteiger partial charge in [0.05, 0.1) is 5.52 Å². The molecule has 0 amide bonds. The van der Waals surface area contributed by atoms with Crippen molar-refractivity contribution in [3.8, 4) is 0 Å².